The maximum Gasteiger partial charge on any atom is 0.416 e. The van der Waals surface area contributed by atoms with E-state index in [0.717, 1.165) is 12.1 Å². The van der Waals surface area contributed by atoms with Gasteiger partial charge in [-0.2, -0.15) is 13.2 Å². The number of likely N-dealkylation sites (N-methyl/N-ethyl adjacent to an activating group) is 1. The van der Waals surface area contributed by atoms with Crippen LogP contribution >= 0.6 is 0 Å². The fourth-order valence-electron chi connectivity index (χ4n) is 2.47. The molecule has 1 fully saturated rings. The minimum atomic E-state index is -4.44. The number of nitrogens with zero attached hydrogens (tertiary/aromatic N) is 3. The molecule has 8 heteroatoms. The molecule has 2 aromatic rings. The molecule has 1 aromatic carbocycles. The normalized spacial score (nSPS) is 19.0. The molecule has 0 aliphatic carbocycles. The molecule has 0 bridgehead atoms. The smallest absolute Gasteiger partial charge is 0.358 e. The fraction of sp³-hybridized carbons (Fsp3) is 0.357. The summed E-state index contributed by atoms with van der Waals surface area (Å²) in [6, 6.07) is 2.81. The van der Waals surface area contributed by atoms with E-state index in [0.29, 0.717) is 18.5 Å². The van der Waals surface area contributed by atoms with E-state index in [1.54, 1.807) is 11.9 Å². The number of benzene rings is 1. The van der Waals surface area contributed by atoms with Gasteiger partial charge >= 0.3 is 6.18 Å². The molecule has 2 heterocycles. The van der Waals surface area contributed by atoms with Crippen LogP contribution in [0.5, 0.6) is 0 Å². The van der Waals surface area contributed by atoms with Gasteiger partial charge in [0.2, 0.25) is 5.91 Å². The molecule has 1 N–H and O–H groups in total. The Kier molecular flexibility index (Phi) is 3.38. The minimum Gasteiger partial charge on any atom is -0.358 e. The maximum absolute atomic E-state index is 12.8. The number of likely N-dealkylation sites (tertiary alicyclic amines) is 1. The second-order valence-electron chi connectivity index (χ2n) is 5.20. The first-order valence-corrected chi connectivity index (χ1v) is 6.70. The van der Waals surface area contributed by atoms with Crippen molar-refractivity contribution >= 4 is 22.6 Å². The molecule has 22 heavy (non-hydrogen) atoms. The van der Waals surface area contributed by atoms with E-state index in [2.05, 4.69) is 15.3 Å². The Balaban J connectivity index is 2.00. The third kappa shape index (κ3) is 2.56. The van der Waals surface area contributed by atoms with Crippen LogP contribution in [0.4, 0.5) is 19.0 Å². The number of hydrogen-bond donors (Lipinski definition) is 1. The number of halogens is 3. The molecule has 0 spiro atoms. The highest BCUT2D eigenvalue weighted by atomic mass is 19.4. The predicted octanol–water partition coefficient (Wildman–Crippen LogP) is 2.29. The number of fused-ring (bicyclic) bond motifs is 1. The maximum atomic E-state index is 12.8. The molecule has 0 saturated carbocycles. The number of carbonyl (C=O) groups excluding carboxylic acids is 1. The quantitative estimate of drug-likeness (QED) is 0.924. The summed E-state index contributed by atoms with van der Waals surface area (Å²) in [7, 11) is 1.68. The molecular formula is C14H13F3N4O. The van der Waals surface area contributed by atoms with E-state index >= 15 is 0 Å². The van der Waals surface area contributed by atoms with Crippen molar-refractivity contribution in [1.29, 1.82) is 0 Å². The van der Waals surface area contributed by atoms with Crippen LogP contribution in [-0.4, -0.2) is 40.4 Å². The highest BCUT2D eigenvalue weighted by Crippen LogP contribution is 2.32. The molecule has 1 atom stereocenters. The van der Waals surface area contributed by atoms with Crippen LogP contribution in [-0.2, 0) is 11.0 Å². The second-order valence-corrected chi connectivity index (χ2v) is 5.20. The van der Waals surface area contributed by atoms with Crippen LogP contribution in [0.25, 0.3) is 10.9 Å². The van der Waals surface area contributed by atoms with Gasteiger partial charge in [-0.3, -0.25) is 4.79 Å². The molecule has 1 aliphatic rings. The minimum absolute atomic E-state index is 0.0984. The zero-order valence-electron chi connectivity index (χ0n) is 11.7. The average molecular weight is 310 g/mol. The van der Waals surface area contributed by atoms with Gasteiger partial charge in [0, 0.05) is 19.0 Å². The van der Waals surface area contributed by atoms with Gasteiger partial charge in [0.25, 0.3) is 0 Å². The van der Waals surface area contributed by atoms with Gasteiger partial charge < -0.3 is 10.2 Å². The standard InChI is InChI=1S/C14H13F3N4O/c1-21-5-4-11(13(21)22)20-12-9-6-8(14(15,16)17)2-3-10(9)18-7-19-12/h2-3,6-7,11H,4-5H2,1H3,(H,18,19,20)/t11-/m0/s1. The van der Waals surface area contributed by atoms with E-state index in [1.807, 2.05) is 0 Å². The fourth-order valence-corrected chi connectivity index (χ4v) is 2.47. The summed E-state index contributed by atoms with van der Waals surface area (Å²) < 4.78 is 38.5. The zero-order chi connectivity index (χ0) is 15.9. The highest BCUT2D eigenvalue weighted by molar-refractivity contribution is 5.93. The second kappa shape index (κ2) is 5.11. The number of amides is 1. The van der Waals surface area contributed by atoms with Crippen molar-refractivity contribution in [2.24, 2.45) is 0 Å². The van der Waals surface area contributed by atoms with Crippen molar-refractivity contribution in [2.75, 3.05) is 18.9 Å². The number of aromatic nitrogens is 2. The molecule has 1 amide bonds. The van der Waals surface area contributed by atoms with Gasteiger partial charge in [-0.15, -0.1) is 0 Å². The zero-order valence-corrected chi connectivity index (χ0v) is 11.7. The molecule has 116 valence electrons. The predicted molar refractivity (Wildman–Crippen MR) is 74.2 cm³/mol. The Hall–Kier alpha value is -2.38. The van der Waals surface area contributed by atoms with Crippen molar-refractivity contribution in [1.82, 2.24) is 14.9 Å². The number of anilines is 1. The first-order valence-electron chi connectivity index (χ1n) is 6.70. The van der Waals surface area contributed by atoms with Crippen molar-refractivity contribution in [3.63, 3.8) is 0 Å². The summed E-state index contributed by atoms with van der Waals surface area (Å²) in [5.74, 6) is 0.142. The number of rotatable bonds is 2. The van der Waals surface area contributed by atoms with Crippen LogP contribution < -0.4 is 5.32 Å². The van der Waals surface area contributed by atoms with Gasteiger partial charge in [0.15, 0.2) is 0 Å². The number of alkyl halides is 3. The van der Waals surface area contributed by atoms with Crippen LogP contribution in [0.1, 0.15) is 12.0 Å². The highest BCUT2D eigenvalue weighted by Gasteiger charge is 2.32. The SMILES string of the molecule is CN1CC[C@H](Nc2ncnc3ccc(C(F)(F)F)cc23)C1=O. The van der Waals surface area contributed by atoms with Crippen LogP contribution in [0.3, 0.4) is 0 Å². The Morgan fingerprint density at radius 1 is 1.32 bits per heavy atom. The molecule has 0 unspecified atom stereocenters. The van der Waals surface area contributed by atoms with Gasteiger partial charge in [-0.1, -0.05) is 0 Å². The molecule has 0 radical (unpaired) electrons. The van der Waals surface area contributed by atoms with Crippen LogP contribution in [0.2, 0.25) is 0 Å². The van der Waals surface area contributed by atoms with Crippen LogP contribution in [0, 0.1) is 0 Å². The Bertz CT molecular complexity index is 732. The van der Waals surface area contributed by atoms with E-state index in [1.165, 1.54) is 12.4 Å². The van der Waals surface area contributed by atoms with E-state index in [4.69, 9.17) is 0 Å². The number of nitrogens with one attached hydrogen (secondary N) is 1. The summed E-state index contributed by atoms with van der Waals surface area (Å²) in [4.78, 5) is 21.4. The molecule has 5 nitrogen and oxygen atoms in total. The van der Waals surface area contributed by atoms with E-state index in [9.17, 15) is 18.0 Å². The molecular weight excluding hydrogens is 297 g/mol. The third-order valence-electron chi connectivity index (χ3n) is 3.70. The van der Waals surface area contributed by atoms with Crippen molar-refractivity contribution in [2.45, 2.75) is 18.6 Å². The van der Waals surface area contributed by atoms with Gasteiger partial charge in [0.1, 0.15) is 18.2 Å². The first kappa shape index (κ1) is 14.6. The number of hydrogen-bond acceptors (Lipinski definition) is 4. The Morgan fingerprint density at radius 3 is 2.73 bits per heavy atom. The molecule has 1 aromatic heterocycles. The average Bonchev–Trinajstić information content (AvgIpc) is 2.78. The molecule has 3 rings (SSSR count). The lowest BCUT2D eigenvalue weighted by atomic mass is 10.1. The number of carbonyl (C=O) groups is 1. The van der Waals surface area contributed by atoms with Gasteiger partial charge in [-0.05, 0) is 24.6 Å². The third-order valence-corrected chi connectivity index (χ3v) is 3.70. The van der Waals surface area contributed by atoms with Gasteiger partial charge in [0.05, 0.1) is 11.1 Å². The lowest BCUT2D eigenvalue weighted by Gasteiger charge is -2.15. The Labute approximate surface area is 124 Å². The summed E-state index contributed by atoms with van der Waals surface area (Å²) in [5, 5.41) is 3.18. The lowest BCUT2D eigenvalue weighted by Crippen LogP contribution is -2.31. The summed E-state index contributed by atoms with van der Waals surface area (Å²) in [6.45, 7) is 0.604. The summed E-state index contributed by atoms with van der Waals surface area (Å²) >= 11 is 0. The summed E-state index contributed by atoms with van der Waals surface area (Å²) in [5.41, 5.74) is -0.378. The topological polar surface area (TPSA) is 58.1 Å². The largest absolute Gasteiger partial charge is 0.416 e. The van der Waals surface area contributed by atoms with Crippen molar-refractivity contribution in [3.05, 3.63) is 30.1 Å². The van der Waals surface area contributed by atoms with Crippen molar-refractivity contribution < 1.29 is 18.0 Å². The van der Waals surface area contributed by atoms with E-state index in [-0.39, 0.29) is 17.1 Å². The van der Waals surface area contributed by atoms with Crippen molar-refractivity contribution in [3.8, 4) is 0 Å². The van der Waals surface area contributed by atoms with E-state index < -0.39 is 17.8 Å². The van der Waals surface area contributed by atoms with Gasteiger partial charge in [-0.25, -0.2) is 9.97 Å². The first-order chi connectivity index (χ1) is 10.4. The van der Waals surface area contributed by atoms with Crippen LogP contribution in [0.15, 0.2) is 24.5 Å². The molecule has 1 saturated heterocycles. The summed E-state index contributed by atoms with van der Waals surface area (Å²) in [6.07, 6.45) is -2.59. The monoisotopic (exact) mass is 310 g/mol. The Morgan fingerprint density at radius 2 is 2.09 bits per heavy atom. The lowest BCUT2D eigenvalue weighted by molar-refractivity contribution is -0.137. The molecule has 1 aliphatic heterocycles.